The predicted octanol–water partition coefficient (Wildman–Crippen LogP) is 5.26. The summed E-state index contributed by atoms with van der Waals surface area (Å²) in [5.41, 5.74) is 8.11. The van der Waals surface area contributed by atoms with Gasteiger partial charge in [0.2, 0.25) is 5.91 Å². The summed E-state index contributed by atoms with van der Waals surface area (Å²) in [5, 5.41) is 6.20. The molecular formula is C25H27FN4O. The minimum atomic E-state index is -0.536. The number of nitrogens with two attached hydrogens (primary N) is 1. The summed E-state index contributed by atoms with van der Waals surface area (Å²) in [6, 6.07) is 19.8. The molecule has 31 heavy (non-hydrogen) atoms. The molecule has 4 rings (SSSR count). The molecule has 0 saturated heterocycles. The van der Waals surface area contributed by atoms with Gasteiger partial charge in [-0.3, -0.25) is 4.79 Å². The highest BCUT2D eigenvalue weighted by molar-refractivity contribution is 6.01. The van der Waals surface area contributed by atoms with E-state index in [-0.39, 0.29) is 17.5 Å². The van der Waals surface area contributed by atoms with Crippen molar-refractivity contribution in [3.05, 3.63) is 83.7 Å². The van der Waals surface area contributed by atoms with Gasteiger partial charge in [-0.1, -0.05) is 61.7 Å². The largest absolute Gasteiger partial charge is 0.382 e. The Kier molecular flexibility index (Phi) is 6.16. The highest BCUT2D eigenvalue weighted by atomic mass is 19.1. The van der Waals surface area contributed by atoms with Crippen molar-refractivity contribution in [1.29, 1.82) is 0 Å². The van der Waals surface area contributed by atoms with Crippen LogP contribution in [0.3, 0.4) is 0 Å². The molecule has 1 heterocycles. The number of amides is 1. The fraction of sp³-hybridized carbons (Fsp3) is 0.280. The van der Waals surface area contributed by atoms with Crippen LogP contribution in [0.15, 0.2) is 66.7 Å². The van der Waals surface area contributed by atoms with Crippen LogP contribution in [0.25, 0.3) is 0 Å². The first-order valence-corrected chi connectivity index (χ1v) is 10.7. The van der Waals surface area contributed by atoms with E-state index in [4.69, 9.17) is 5.73 Å². The molecule has 0 radical (unpaired) electrons. The van der Waals surface area contributed by atoms with Gasteiger partial charge in [-0.2, -0.15) is 0 Å². The van der Waals surface area contributed by atoms with Gasteiger partial charge in [-0.05, 0) is 48.2 Å². The van der Waals surface area contributed by atoms with Gasteiger partial charge in [0.25, 0.3) is 0 Å². The molecule has 6 heteroatoms. The SMILES string of the molecule is Nc1nc(NCc2ccc(F)cc2)ccc1NC(=O)C1(c2ccccc2)CCCCC1. The molecule has 0 aliphatic heterocycles. The molecule has 0 bridgehead atoms. The molecule has 4 N–H and O–H groups in total. The lowest BCUT2D eigenvalue weighted by molar-refractivity contribution is -0.122. The maximum absolute atomic E-state index is 13.4. The van der Waals surface area contributed by atoms with Crippen LogP contribution < -0.4 is 16.4 Å². The summed E-state index contributed by atoms with van der Waals surface area (Å²) >= 11 is 0. The number of nitrogen functional groups attached to an aromatic ring is 1. The van der Waals surface area contributed by atoms with E-state index >= 15 is 0 Å². The Balaban J connectivity index is 1.47. The number of carbonyl (C=O) groups excluding carboxylic acids is 1. The number of pyridine rings is 1. The monoisotopic (exact) mass is 418 g/mol. The Morgan fingerprint density at radius 3 is 2.35 bits per heavy atom. The minimum absolute atomic E-state index is 0.0288. The van der Waals surface area contributed by atoms with Crippen LogP contribution >= 0.6 is 0 Å². The van der Waals surface area contributed by atoms with Gasteiger partial charge < -0.3 is 16.4 Å². The number of hydrogen-bond donors (Lipinski definition) is 3. The number of carbonyl (C=O) groups is 1. The molecule has 0 atom stereocenters. The van der Waals surface area contributed by atoms with E-state index in [0.29, 0.717) is 18.1 Å². The number of benzene rings is 2. The van der Waals surface area contributed by atoms with Crippen LogP contribution in [0, 0.1) is 5.82 Å². The number of rotatable bonds is 6. The Bertz CT molecular complexity index is 1030. The second kappa shape index (κ2) is 9.16. The maximum atomic E-state index is 13.4. The van der Waals surface area contributed by atoms with E-state index in [1.54, 1.807) is 24.3 Å². The Labute approximate surface area is 181 Å². The lowest BCUT2D eigenvalue weighted by atomic mass is 9.68. The van der Waals surface area contributed by atoms with E-state index in [0.717, 1.165) is 43.2 Å². The van der Waals surface area contributed by atoms with Crippen molar-refractivity contribution in [2.24, 2.45) is 0 Å². The maximum Gasteiger partial charge on any atom is 0.235 e. The third-order valence-electron chi connectivity index (χ3n) is 6.03. The average Bonchev–Trinajstić information content (AvgIpc) is 2.81. The summed E-state index contributed by atoms with van der Waals surface area (Å²) in [6.07, 6.45) is 4.87. The fourth-order valence-corrected chi connectivity index (χ4v) is 4.28. The quantitative estimate of drug-likeness (QED) is 0.510. The van der Waals surface area contributed by atoms with Gasteiger partial charge in [0.15, 0.2) is 0 Å². The molecular weight excluding hydrogens is 391 g/mol. The smallest absolute Gasteiger partial charge is 0.235 e. The van der Waals surface area contributed by atoms with Gasteiger partial charge >= 0.3 is 0 Å². The lowest BCUT2D eigenvalue weighted by Gasteiger charge is -2.36. The van der Waals surface area contributed by atoms with Crippen LogP contribution in [0.5, 0.6) is 0 Å². The van der Waals surface area contributed by atoms with Crippen LogP contribution in [-0.2, 0) is 16.8 Å². The Morgan fingerprint density at radius 1 is 0.968 bits per heavy atom. The van der Waals surface area contributed by atoms with Crippen molar-refractivity contribution >= 4 is 23.2 Å². The van der Waals surface area contributed by atoms with E-state index in [9.17, 15) is 9.18 Å². The molecule has 5 nitrogen and oxygen atoms in total. The average molecular weight is 419 g/mol. The van der Waals surface area contributed by atoms with Crippen molar-refractivity contribution in [3.8, 4) is 0 Å². The lowest BCUT2D eigenvalue weighted by Crippen LogP contribution is -2.42. The summed E-state index contributed by atoms with van der Waals surface area (Å²) in [4.78, 5) is 17.8. The summed E-state index contributed by atoms with van der Waals surface area (Å²) in [6.45, 7) is 0.496. The van der Waals surface area contributed by atoms with E-state index < -0.39 is 5.41 Å². The summed E-state index contributed by atoms with van der Waals surface area (Å²) in [5.74, 6) is 0.558. The van der Waals surface area contributed by atoms with Gasteiger partial charge in [-0.15, -0.1) is 0 Å². The molecule has 160 valence electrons. The van der Waals surface area contributed by atoms with Crippen molar-refractivity contribution < 1.29 is 9.18 Å². The number of hydrogen-bond acceptors (Lipinski definition) is 4. The van der Waals surface area contributed by atoms with Crippen LogP contribution in [-0.4, -0.2) is 10.9 Å². The molecule has 1 aromatic heterocycles. The highest BCUT2D eigenvalue weighted by Gasteiger charge is 2.41. The second-order valence-corrected chi connectivity index (χ2v) is 8.07. The zero-order chi connectivity index (χ0) is 21.7. The van der Waals surface area contributed by atoms with Crippen molar-refractivity contribution in [1.82, 2.24) is 4.98 Å². The number of halogens is 1. The van der Waals surface area contributed by atoms with E-state index in [1.807, 2.05) is 30.3 Å². The normalized spacial score (nSPS) is 15.3. The molecule has 2 aromatic carbocycles. The number of aromatic nitrogens is 1. The van der Waals surface area contributed by atoms with Gasteiger partial charge in [0.1, 0.15) is 17.5 Å². The first kappa shape index (κ1) is 20.8. The summed E-state index contributed by atoms with van der Waals surface area (Å²) in [7, 11) is 0. The molecule has 1 saturated carbocycles. The van der Waals surface area contributed by atoms with Gasteiger partial charge in [-0.25, -0.2) is 9.37 Å². The number of anilines is 3. The number of nitrogens with one attached hydrogen (secondary N) is 2. The summed E-state index contributed by atoms with van der Waals surface area (Å²) < 4.78 is 13.0. The van der Waals surface area contributed by atoms with E-state index in [2.05, 4.69) is 15.6 Å². The molecule has 1 amide bonds. The first-order valence-electron chi connectivity index (χ1n) is 10.7. The van der Waals surface area contributed by atoms with Gasteiger partial charge in [0, 0.05) is 6.54 Å². The zero-order valence-electron chi connectivity index (χ0n) is 17.4. The standard InChI is InChI=1S/C25H27FN4O/c26-20-11-9-18(10-12-20)17-28-22-14-13-21(23(27)30-22)29-24(31)25(15-5-2-6-16-25)19-7-3-1-4-8-19/h1,3-4,7-14H,2,5-6,15-17H2,(H,29,31)(H3,27,28,30). The molecule has 1 aliphatic rings. The number of nitrogens with zero attached hydrogens (tertiary/aromatic N) is 1. The Hall–Kier alpha value is -3.41. The third-order valence-corrected chi connectivity index (χ3v) is 6.03. The Morgan fingerprint density at radius 2 is 1.68 bits per heavy atom. The molecule has 0 unspecified atom stereocenters. The topological polar surface area (TPSA) is 80.0 Å². The molecule has 3 aromatic rings. The minimum Gasteiger partial charge on any atom is -0.382 e. The van der Waals surface area contributed by atoms with E-state index in [1.165, 1.54) is 12.1 Å². The highest BCUT2D eigenvalue weighted by Crippen LogP contribution is 2.40. The van der Waals surface area contributed by atoms with Crippen molar-refractivity contribution in [2.45, 2.75) is 44.1 Å². The molecule has 1 fully saturated rings. The van der Waals surface area contributed by atoms with Gasteiger partial charge in [0.05, 0.1) is 11.1 Å². The van der Waals surface area contributed by atoms with Crippen LogP contribution in [0.4, 0.5) is 21.7 Å². The van der Waals surface area contributed by atoms with Crippen molar-refractivity contribution in [2.75, 3.05) is 16.4 Å². The molecule has 1 aliphatic carbocycles. The zero-order valence-corrected chi connectivity index (χ0v) is 17.4. The predicted molar refractivity (Wildman–Crippen MR) is 122 cm³/mol. The fourth-order valence-electron chi connectivity index (χ4n) is 4.28. The van der Waals surface area contributed by atoms with Crippen LogP contribution in [0.1, 0.15) is 43.2 Å². The third kappa shape index (κ3) is 4.68. The first-order chi connectivity index (χ1) is 15.1. The second-order valence-electron chi connectivity index (χ2n) is 8.07. The van der Waals surface area contributed by atoms with Crippen LogP contribution in [0.2, 0.25) is 0 Å². The van der Waals surface area contributed by atoms with Crippen molar-refractivity contribution in [3.63, 3.8) is 0 Å². The molecule has 0 spiro atoms.